The van der Waals surface area contributed by atoms with E-state index in [0.717, 1.165) is 50.1 Å². The molecular formula is C18H27N3O. The molecule has 0 saturated carbocycles. The number of rotatable bonds is 3. The Balaban J connectivity index is 1.77. The first-order valence-corrected chi connectivity index (χ1v) is 8.80. The zero-order chi connectivity index (χ0) is 15.4. The number of piperidine rings is 2. The third-order valence-corrected chi connectivity index (χ3v) is 5.05. The lowest BCUT2D eigenvalue weighted by Crippen LogP contribution is -2.43. The summed E-state index contributed by atoms with van der Waals surface area (Å²) in [6.45, 7) is 5.24. The van der Waals surface area contributed by atoms with Crippen molar-refractivity contribution in [1.82, 2.24) is 9.88 Å². The van der Waals surface area contributed by atoms with E-state index < -0.39 is 0 Å². The summed E-state index contributed by atoms with van der Waals surface area (Å²) in [5, 5.41) is 0. The standard InChI is InChI=1S/C18H27N3O/c1-2-16-8-4-7-11-21(16)18(22)15-12-17(14-19-13-15)20-9-5-3-6-10-20/h12-14,16H,2-11H2,1H3. The molecule has 1 unspecified atom stereocenters. The maximum Gasteiger partial charge on any atom is 0.255 e. The summed E-state index contributed by atoms with van der Waals surface area (Å²) in [6, 6.07) is 2.45. The van der Waals surface area contributed by atoms with E-state index in [4.69, 9.17) is 0 Å². The number of anilines is 1. The average molecular weight is 301 g/mol. The number of carbonyl (C=O) groups excluding carboxylic acids is 1. The van der Waals surface area contributed by atoms with Gasteiger partial charge in [0.25, 0.3) is 5.91 Å². The molecular weight excluding hydrogens is 274 g/mol. The van der Waals surface area contributed by atoms with Crippen molar-refractivity contribution in [1.29, 1.82) is 0 Å². The molecule has 4 heteroatoms. The first-order valence-electron chi connectivity index (χ1n) is 8.80. The van der Waals surface area contributed by atoms with Crippen molar-refractivity contribution < 1.29 is 4.79 Å². The molecule has 120 valence electrons. The van der Waals surface area contributed by atoms with Gasteiger partial charge in [0.1, 0.15) is 0 Å². The Morgan fingerprint density at radius 1 is 1.14 bits per heavy atom. The molecule has 2 aliphatic rings. The summed E-state index contributed by atoms with van der Waals surface area (Å²) >= 11 is 0. The van der Waals surface area contributed by atoms with Crippen LogP contribution in [0.2, 0.25) is 0 Å². The van der Waals surface area contributed by atoms with Crippen LogP contribution >= 0.6 is 0 Å². The van der Waals surface area contributed by atoms with Gasteiger partial charge in [0.15, 0.2) is 0 Å². The SMILES string of the molecule is CCC1CCCCN1C(=O)c1cncc(N2CCCCC2)c1. The van der Waals surface area contributed by atoms with Gasteiger partial charge < -0.3 is 9.80 Å². The van der Waals surface area contributed by atoms with E-state index in [9.17, 15) is 4.79 Å². The summed E-state index contributed by atoms with van der Waals surface area (Å²) in [5.74, 6) is 0.165. The largest absolute Gasteiger partial charge is 0.370 e. The van der Waals surface area contributed by atoms with Gasteiger partial charge in [-0.1, -0.05) is 6.92 Å². The van der Waals surface area contributed by atoms with Gasteiger partial charge in [-0.15, -0.1) is 0 Å². The summed E-state index contributed by atoms with van der Waals surface area (Å²) in [4.78, 5) is 21.6. The van der Waals surface area contributed by atoms with Gasteiger partial charge in [-0.05, 0) is 51.0 Å². The molecule has 0 aromatic carbocycles. The molecule has 4 nitrogen and oxygen atoms in total. The molecule has 3 rings (SSSR count). The Hall–Kier alpha value is -1.58. The second-order valence-corrected chi connectivity index (χ2v) is 6.54. The number of pyridine rings is 1. The minimum atomic E-state index is 0.165. The van der Waals surface area contributed by atoms with E-state index >= 15 is 0 Å². The number of hydrogen-bond donors (Lipinski definition) is 0. The third kappa shape index (κ3) is 3.26. The molecule has 0 aliphatic carbocycles. The van der Waals surface area contributed by atoms with Gasteiger partial charge in [-0.25, -0.2) is 0 Å². The molecule has 0 spiro atoms. The second kappa shape index (κ2) is 7.12. The van der Waals surface area contributed by atoms with Crippen LogP contribution < -0.4 is 4.90 Å². The van der Waals surface area contributed by atoms with Crippen LogP contribution in [0, 0.1) is 0 Å². The van der Waals surface area contributed by atoms with Gasteiger partial charge in [-0.2, -0.15) is 0 Å². The molecule has 3 heterocycles. The molecule has 1 aromatic heterocycles. The van der Waals surface area contributed by atoms with E-state index in [-0.39, 0.29) is 5.91 Å². The van der Waals surface area contributed by atoms with Crippen molar-refractivity contribution in [3.8, 4) is 0 Å². The van der Waals surface area contributed by atoms with Crippen molar-refractivity contribution in [2.24, 2.45) is 0 Å². The molecule has 0 radical (unpaired) electrons. The minimum Gasteiger partial charge on any atom is -0.370 e. The fourth-order valence-electron chi connectivity index (χ4n) is 3.73. The van der Waals surface area contributed by atoms with Crippen LogP contribution in [0.4, 0.5) is 5.69 Å². The molecule has 0 bridgehead atoms. The lowest BCUT2D eigenvalue weighted by Gasteiger charge is -2.35. The van der Waals surface area contributed by atoms with Crippen LogP contribution in [0.3, 0.4) is 0 Å². The zero-order valence-electron chi connectivity index (χ0n) is 13.6. The zero-order valence-corrected chi connectivity index (χ0v) is 13.6. The van der Waals surface area contributed by atoms with Crippen LogP contribution in [-0.4, -0.2) is 41.5 Å². The number of aromatic nitrogens is 1. The monoisotopic (exact) mass is 301 g/mol. The van der Waals surface area contributed by atoms with Crippen LogP contribution in [0.5, 0.6) is 0 Å². The fraction of sp³-hybridized carbons (Fsp3) is 0.667. The first-order chi connectivity index (χ1) is 10.8. The van der Waals surface area contributed by atoms with E-state index in [1.807, 2.05) is 12.3 Å². The molecule has 2 saturated heterocycles. The van der Waals surface area contributed by atoms with Gasteiger partial charge in [0.2, 0.25) is 0 Å². The highest BCUT2D eigenvalue weighted by atomic mass is 16.2. The maximum absolute atomic E-state index is 12.9. The molecule has 1 amide bonds. The Morgan fingerprint density at radius 3 is 2.68 bits per heavy atom. The molecule has 0 N–H and O–H groups in total. The Morgan fingerprint density at radius 2 is 1.91 bits per heavy atom. The van der Waals surface area contributed by atoms with Crippen LogP contribution in [-0.2, 0) is 0 Å². The highest BCUT2D eigenvalue weighted by molar-refractivity contribution is 5.95. The predicted molar refractivity (Wildman–Crippen MR) is 89.3 cm³/mol. The average Bonchev–Trinajstić information content (AvgIpc) is 2.62. The number of hydrogen-bond acceptors (Lipinski definition) is 3. The molecule has 2 aliphatic heterocycles. The van der Waals surface area contributed by atoms with Crippen LogP contribution in [0.25, 0.3) is 0 Å². The first kappa shape index (κ1) is 15.3. The lowest BCUT2D eigenvalue weighted by molar-refractivity contribution is 0.0607. The Bertz CT molecular complexity index is 511. The van der Waals surface area contributed by atoms with E-state index in [2.05, 4.69) is 21.7 Å². The normalized spacial score (nSPS) is 22.7. The predicted octanol–water partition coefficient (Wildman–Crippen LogP) is 3.48. The fourth-order valence-corrected chi connectivity index (χ4v) is 3.73. The minimum absolute atomic E-state index is 0.165. The smallest absolute Gasteiger partial charge is 0.255 e. The number of nitrogens with zero attached hydrogens (tertiary/aromatic N) is 3. The molecule has 1 aromatic rings. The van der Waals surface area contributed by atoms with Gasteiger partial charge in [0.05, 0.1) is 17.4 Å². The highest BCUT2D eigenvalue weighted by Crippen LogP contribution is 2.24. The highest BCUT2D eigenvalue weighted by Gasteiger charge is 2.26. The summed E-state index contributed by atoms with van der Waals surface area (Å²) in [5.41, 5.74) is 1.86. The van der Waals surface area contributed by atoms with Crippen molar-refractivity contribution in [3.63, 3.8) is 0 Å². The Labute approximate surface area is 133 Å². The Kier molecular flexibility index (Phi) is 4.96. The van der Waals surface area contributed by atoms with E-state index in [1.165, 1.54) is 25.7 Å². The van der Waals surface area contributed by atoms with Crippen LogP contribution in [0.1, 0.15) is 62.2 Å². The van der Waals surface area contributed by atoms with Gasteiger partial charge >= 0.3 is 0 Å². The summed E-state index contributed by atoms with van der Waals surface area (Å²) < 4.78 is 0. The quantitative estimate of drug-likeness (QED) is 0.857. The number of likely N-dealkylation sites (tertiary alicyclic amines) is 1. The molecule has 1 atom stereocenters. The van der Waals surface area contributed by atoms with E-state index in [1.54, 1.807) is 6.20 Å². The van der Waals surface area contributed by atoms with Crippen molar-refractivity contribution in [2.75, 3.05) is 24.5 Å². The van der Waals surface area contributed by atoms with Crippen molar-refractivity contribution >= 4 is 11.6 Å². The van der Waals surface area contributed by atoms with Gasteiger partial charge in [0, 0.05) is 31.9 Å². The summed E-state index contributed by atoms with van der Waals surface area (Å²) in [6.07, 6.45) is 12.0. The van der Waals surface area contributed by atoms with Crippen molar-refractivity contribution in [3.05, 3.63) is 24.0 Å². The number of carbonyl (C=O) groups is 1. The number of amides is 1. The molecule has 22 heavy (non-hydrogen) atoms. The summed E-state index contributed by atoms with van der Waals surface area (Å²) in [7, 11) is 0. The van der Waals surface area contributed by atoms with Crippen LogP contribution in [0.15, 0.2) is 18.5 Å². The molecule has 2 fully saturated rings. The third-order valence-electron chi connectivity index (χ3n) is 5.05. The maximum atomic E-state index is 12.9. The van der Waals surface area contributed by atoms with Gasteiger partial charge in [-0.3, -0.25) is 9.78 Å². The lowest BCUT2D eigenvalue weighted by atomic mass is 9.99. The topological polar surface area (TPSA) is 36.4 Å². The van der Waals surface area contributed by atoms with Crippen molar-refractivity contribution in [2.45, 2.75) is 57.9 Å². The second-order valence-electron chi connectivity index (χ2n) is 6.54. The van der Waals surface area contributed by atoms with E-state index in [0.29, 0.717) is 6.04 Å².